The minimum atomic E-state index is -4.54. The number of nitrogens with zero attached hydrogens (tertiary/aromatic N) is 2. The van der Waals surface area contributed by atoms with Crippen molar-refractivity contribution in [1.29, 1.82) is 0 Å². The van der Waals surface area contributed by atoms with Gasteiger partial charge in [-0.2, -0.15) is 13.2 Å². The second kappa shape index (κ2) is 7.41. The normalized spacial score (nSPS) is 11.6. The zero-order valence-corrected chi connectivity index (χ0v) is 16.1. The molecule has 5 nitrogen and oxygen atoms in total. The van der Waals surface area contributed by atoms with Crippen molar-refractivity contribution in [2.75, 3.05) is 10.6 Å². The van der Waals surface area contributed by atoms with Crippen LogP contribution in [-0.2, 0) is 6.18 Å². The molecule has 2 amide bonds. The van der Waals surface area contributed by atoms with E-state index in [0.29, 0.717) is 5.69 Å². The number of nitrogens with one attached hydrogen (secondary N) is 2. The topological polar surface area (TPSA) is 58.4 Å². The summed E-state index contributed by atoms with van der Waals surface area (Å²) in [5.41, 5.74) is 0.945. The third-order valence-corrected chi connectivity index (χ3v) is 5.15. The number of anilines is 2. The third-order valence-electron chi connectivity index (χ3n) is 4.05. The van der Waals surface area contributed by atoms with Gasteiger partial charge in [0, 0.05) is 29.0 Å². The van der Waals surface area contributed by atoms with Gasteiger partial charge in [-0.25, -0.2) is 9.78 Å². The van der Waals surface area contributed by atoms with Crippen LogP contribution in [0.2, 0.25) is 5.02 Å². The minimum absolute atomic E-state index is 0.0000173. The van der Waals surface area contributed by atoms with Crippen LogP contribution in [-0.4, -0.2) is 15.4 Å². The van der Waals surface area contributed by atoms with E-state index in [-0.39, 0.29) is 10.7 Å². The van der Waals surface area contributed by atoms with E-state index >= 15 is 0 Å². The largest absolute Gasteiger partial charge is 0.416 e. The van der Waals surface area contributed by atoms with Crippen LogP contribution in [0.5, 0.6) is 0 Å². The van der Waals surface area contributed by atoms with Gasteiger partial charge in [0.25, 0.3) is 0 Å². The van der Waals surface area contributed by atoms with E-state index in [1.165, 1.54) is 11.3 Å². The van der Waals surface area contributed by atoms with Gasteiger partial charge in [0.1, 0.15) is 0 Å². The Labute approximate surface area is 171 Å². The molecule has 4 aromatic rings. The fraction of sp³-hybridized carbons (Fsp3) is 0.0526. The van der Waals surface area contributed by atoms with Gasteiger partial charge in [0.2, 0.25) is 0 Å². The SMILES string of the molecule is O=C(Nc1cccc(-c2cn3ccsc3n2)c1)Nc1cc(C(F)(F)F)ccc1Cl. The average Bonchev–Trinajstić information content (AvgIpc) is 3.25. The summed E-state index contributed by atoms with van der Waals surface area (Å²) in [6, 6.07) is 8.99. The summed E-state index contributed by atoms with van der Waals surface area (Å²) in [5, 5.41) is 6.86. The first kappa shape index (κ1) is 19.3. The second-order valence-corrected chi connectivity index (χ2v) is 7.35. The highest BCUT2D eigenvalue weighted by Gasteiger charge is 2.31. The Balaban J connectivity index is 1.51. The van der Waals surface area contributed by atoms with Gasteiger partial charge in [0.15, 0.2) is 4.96 Å². The van der Waals surface area contributed by atoms with E-state index in [4.69, 9.17) is 11.6 Å². The summed E-state index contributed by atoms with van der Waals surface area (Å²) in [5.74, 6) is 0. The monoisotopic (exact) mass is 436 g/mol. The first-order chi connectivity index (χ1) is 13.8. The Morgan fingerprint density at radius 3 is 2.72 bits per heavy atom. The van der Waals surface area contributed by atoms with Crippen LogP contribution < -0.4 is 10.6 Å². The summed E-state index contributed by atoms with van der Waals surface area (Å²) in [6.07, 6.45) is -0.775. The third kappa shape index (κ3) is 4.20. The van der Waals surface area contributed by atoms with Gasteiger partial charge < -0.3 is 10.6 Å². The van der Waals surface area contributed by atoms with Crippen molar-refractivity contribution in [2.24, 2.45) is 0 Å². The highest BCUT2D eigenvalue weighted by Crippen LogP contribution is 2.34. The summed E-state index contributed by atoms with van der Waals surface area (Å²) < 4.78 is 40.5. The molecule has 2 heterocycles. The fourth-order valence-electron chi connectivity index (χ4n) is 2.70. The number of imidazole rings is 1. The molecule has 0 aliphatic carbocycles. The van der Waals surface area contributed by atoms with Crippen molar-refractivity contribution in [1.82, 2.24) is 9.38 Å². The molecule has 0 saturated carbocycles. The molecule has 0 spiro atoms. The van der Waals surface area contributed by atoms with E-state index in [0.717, 1.165) is 34.4 Å². The molecule has 2 aromatic heterocycles. The highest BCUT2D eigenvalue weighted by atomic mass is 35.5. The van der Waals surface area contributed by atoms with Crippen molar-refractivity contribution in [3.05, 3.63) is 70.8 Å². The maximum atomic E-state index is 12.9. The first-order valence-corrected chi connectivity index (χ1v) is 9.53. The molecule has 29 heavy (non-hydrogen) atoms. The van der Waals surface area contributed by atoms with Crippen molar-refractivity contribution in [3.8, 4) is 11.3 Å². The molecule has 0 atom stereocenters. The number of halogens is 4. The number of fused-ring (bicyclic) bond motifs is 1. The van der Waals surface area contributed by atoms with Crippen LogP contribution in [0.25, 0.3) is 16.2 Å². The molecule has 2 aromatic carbocycles. The van der Waals surface area contributed by atoms with E-state index in [2.05, 4.69) is 15.6 Å². The molecule has 0 fully saturated rings. The van der Waals surface area contributed by atoms with E-state index in [1.54, 1.807) is 18.2 Å². The molecular weight excluding hydrogens is 425 g/mol. The number of urea groups is 1. The quantitative estimate of drug-likeness (QED) is 0.391. The van der Waals surface area contributed by atoms with Gasteiger partial charge >= 0.3 is 12.2 Å². The summed E-state index contributed by atoms with van der Waals surface area (Å²) >= 11 is 7.41. The van der Waals surface area contributed by atoms with Gasteiger partial charge in [-0.15, -0.1) is 11.3 Å². The van der Waals surface area contributed by atoms with Gasteiger partial charge in [0.05, 0.1) is 22.0 Å². The summed E-state index contributed by atoms with van der Waals surface area (Å²) in [7, 11) is 0. The number of thiazole rings is 1. The number of aromatic nitrogens is 2. The van der Waals surface area contributed by atoms with E-state index in [9.17, 15) is 18.0 Å². The molecule has 148 valence electrons. The van der Waals surface area contributed by atoms with Crippen LogP contribution in [0.1, 0.15) is 5.56 Å². The fourth-order valence-corrected chi connectivity index (χ4v) is 3.57. The minimum Gasteiger partial charge on any atom is -0.308 e. The van der Waals surface area contributed by atoms with Crippen LogP contribution >= 0.6 is 22.9 Å². The zero-order valence-electron chi connectivity index (χ0n) is 14.5. The number of rotatable bonds is 3. The zero-order chi connectivity index (χ0) is 20.6. The second-order valence-electron chi connectivity index (χ2n) is 6.07. The lowest BCUT2D eigenvalue weighted by Gasteiger charge is -2.12. The van der Waals surface area contributed by atoms with Crippen molar-refractivity contribution in [3.63, 3.8) is 0 Å². The molecule has 0 radical (unpaired) electrons. The number of hydrogen-bond donors (Lipinski definition) is 2. The molecule has 0 bridgehead atoms. The van der Waals surface area contributed by atoms with E-state index in [1.807, 2.05) is 28.2 Å². The Kier molecular flexibility index (Phi) is 4.93. The molecule has 0 unspecified atom stereocenters. The van der Waals surface area contributed by atoms with Gasteiger partial charge in [-0.1, -0.05) is 23.7 Å². The number of benzene rings is 2. The average molecular weight is 437 g/mol. The van der Waals surface area contributed by atoms with E-state index < -0.39 is 17.8 Å². The van der Waals surface area contributed by atoms with Crippen LogP contribution in [0.3, 0.4) is 0 Å². The Hall–Kier alpha value is -3.04. The van der Waals surface area contributed by atoms with Gasteiger partial charge in [-0.3, -0.25) is 4.40 Å². The Bertz CT molecular complexity index is 1170. The lowest BCUT2D eigenvalue weighted by molar-refractivity contribution is -0.137. The lowest BCUT2D eigenvalue weighted by Crippen LogP contribution is -2.20. The predicted molar refractivity (Wildman–Crippen MR) is 108 cm³/mol. The van der Waals surface area contributed by atoms with Crippen molar-refractivity contribution >= 4 is 45.3 Å². The highest BCUT2D eigenvalue weighted by molar-refractivity contribution is 7.15. The molecular formula is C19H12ClF3N4OS. The van der Waals surface area contributed by atoms with Crippen LogP contribution in [0.4, 0.5) is 29.3 Å². The number of alkyl halides is 3. The Morgan fingerprint density at radius 2 is 1.97 bits per heavy atom. The smallest absolute Gasteiger partial charge is 0.308 e. The number of hydrogen-bond acceptors (Lipinski definition) is 3. The molecule has 10 heteroatoms. The van der Waals surface area contributed by atoms with Crippen molar-refractivity contribution < 1.29 is 18.0 Å². The lowest BCUT2D eigenvalue weighted by atomic mass is 10.1. The standard InChI is InChI=1S/C19H12ClF3N4OS/c20-14-5-4-12(19(21,22)23)9-15(14)25-17(28)24-13-3-1-2-11(8-13)16-10-27-6-7-29-18(27)26-16/h1-10H,(H2,24,25,28). The van der Waals surface area contributed by atoms with Gasteiger partial charge in [-0.05, 0) is 30.3 Å². The summed E-state index contributed by atoms with van der Waals surface area (Å²) in [6.45, 7) is 0. The van der Waals surface area contributed by atoms with Crippen LogP contribution in [0.15, 0.2) is 60.2 Å². The maximum absolute atomic E-state index is 12.9. The number of carbonyl (C=O) groups is 1. The molecule has 2 N–H and O–H groups in total. The molecule has 4 rings (SSSR count). The maximum Gasteiger partial charge on any atom is 0.416 e. The number of carbonyl (C=O) groups excluding carboxylic acids is 1. The predicted octanol–water partition coefficient (Wildman–Crippen LogP) is 6.38. The van der Waals surface area contributed by atoms with Crippen molar-refractivity contribution in [2.45, 2.75) is 6.18 Å². The molecule has 0 aliphatic heterocycles. The number of amides is 2. The molecule has 0 aliphatic rings. The Morgan fingerprint density at radius 1 is 1.14 bits per heavy atom. The summed E-state index contributed by atoms with van der Waals surface area (Å²) in [4.78, 5) is 17.6. The van der Waals surface area contributed by atoms with Crippen LogP contribution in [0, 0.1) is 0 Å². The molecule has 0 saturated heterocycles. The first-order valence-electron chi connectivity index (χ1n) is 8.27.